The van der Waals surface area contributed by atoms with Gasteiger partial charge in [0.05, 0.1) is 11.0 Å². The van der Waals surface area contributed by atoms with Gasteiger partial charge in [0.1, 0.15) is 0 Å². The van der Waals surface area contributed by atoms with E-state index in [2.05, 4.69) is 242 Å². The van der Waals surface area contributed by atoms with E-state index in [0.29, 0.717) is 0 Å². The number of hydrogen-bond donors (Lipinski definition) is 0. The van der Waals surface area contributed by atoms with Crippen LogP contribution >= 0.6 is 0 Å². The minimum Gasteiger partial charge on any atom is -0.310 e. The molecular formula is C61H42N2. The zero-order valence-electron chi connectivity index (χ0n) is 35.2. The summed E-state index contributed by atoms with van der Waals surface area (Å²) in [7, 11) is 0. The van der Waals surface area contributed by atoms with Gasteiger partial charge in [0.15, 0.2) is 0 Å². The summed E-state index contributed by atoms with van der Waals surface area (Å²) in [6.45, 7) is 4.70. The van der Waals surface area contributed by atoms with E-state index < -0.39 is 0 Å². The predicted octanol–water partition coefficient (Wildman–Crippen LogP) is 16.7. The molecule has 0 spiro atoms. The molecule has 2 aliphatic carbocycles. The van der Waals surface area contributed by atoms with Crippen LogP contribution in [0.2, 0.25) is 0 Å². The van der Waals surface area contributed by atoms with Gasteiger partial charge in [0.25, 0.3) is 0 Å². The number of nitrogens with zero attached hydrogens (tertiary/aromatic N) is 2. The summed E-state index contributed by atoms with van der Waals surface area (Å²) in [5, 5.41) is 5.24. The molecule has 11 aromatic rings. The minimum atomic E-state index is -0.0797. The van der Waals surface area contributed by atoms with Crippen LogP contribution in [0.1, 0.15) is 25.0 Å². The van der Waals surface area contributed by atoms with Gasteiger partial charge >= 0.3 is 0 Å². The zero-order valence-corrected chi connectivity index (χ0v) is 35.2. The summed E-state index contributed by atoms with van der Waals surface area (Å²) < 4.78 is 2.49. The van der Waals surface area contributed by atoms with Crippen molar-refractivity contribution in [3.63, 3.8) is 0 Å². The molecule has 0 N–H and O–H groups in total. The molecule has 0 aliphatic heterocycles. The van der Waals surface area contributed by atoms with Gasteiger partial charge in [-0.25, -0.2) is 0 Å². The number of hydrogen-bond acceptors (Lipinski definition) is 1. The van der Waals surface area contributed by atoms with Crippen molar-refractivity contribution < 1.29 is 0 Å². The molecule has 0 fully saturated rings. The zero-order chi connectivity index (χ0) is 41.8. The van der Waals surface area contributed by atoms with E-state index in [9.17, 15) is 0 Å². The maximum Gasteiger partial charge on any atom is 0.0554 e. The van der Waals surface area contributed by atoms with Crippen LogP contribution in [0.4, 0.5) is 17.1 Å². The fourth-order valence-corrected chi connectivity index (χ4v) is 11.0. The Kier molecular flexibility index (Phi) is 7.68. The summed E-state index contributed by atoms with van der Waals surface area (Å²) in [6.07, 6.45) is 0. The monoisotopic (exact) mass is 802 g/mol. The molecule has 0 unspecified atom stereocenters. The molecule has 0 bridgehead atoms. The smallest absolute Gasteiger partial charge is 0.0554 e. The lowest BCUT2D eigenvalue weighted by Gasteiger charge is -2.28. The van der Waals surface area contributed by atoms with Gasteiger partial charge in [-0.1, -0.05) is 172 Å². The van der Waals surface area contributed by atoms with Crippen molar-refractivity contribution in [1.29, 1.82) is 0 Å². The predicted molar refractivity (Wildman–Crippen MR) is 266 cm³/mol. The molecule has 296 valence electrons. The van der Waals surface area contributed by atoms with Crippen molar-refractivity contribution in [3.8, 4) is 61.3 Å². The number of para-hydroxylation sites is 1. The van der Waals surface area contributed by atoms with Crippen LogP contribution in [-0.4, -0.2) is 4.57 Å². The molecule has 2 aliphatic rings. The molecule has 2 nitrogen and oxygen atoms in total. The third kappa shape index (κ3) is 5.25. The lowest BCUT2D eigenvalue weighted by atomic mass is 9.82. The topological polar surface area (TPSA) is 8.17 Å². The average Bonchev–Trinajstić information content (AvgIpc) is 3.75. The quantitative estimate of drug-likeness (QED) is 0.163. The molecule has 2 heteroatoms. The average molecular weight is 803 g/mol. The molecular weight excluding hydrogens is 761 g/mol. The first-order chi connectivity index (χ1) is 31.0. The van der Waals surface area contributed by atoms with E-state index in [-0.39, 0.29) is 5.41 Å². The Morgan fingerprint density at radius 3 is 1.62 bits per heavy atom. The van der Waals surface area contributed by atoms with Crippen molar-refractivity contribution in [2.24, 2.45) is 0 Å². The summed E-state index contributed by atoms with van der Waals surface area (Å²) in [6, 6.07) is 80.8. The van der Waals surface area contributed by atoms with Crippen molar-refractivity contribution in [2.75, 3.05) is 4.90 Å². The Hall–Kier alpha value is -7.94. The molecule has 63 heavy (non-hydrogen) atoms. The number of anilines is 3. The van der Waals surface area contributed by atoms with E-state index in [1.165, 1.54) is 99.3 Å². The standard InChI is InChI=1S/C61H42N2/c1-61(2)54-25-12-11-21-48(54)49-36-35-45(37-55(49)61)62(42-17-7-4-8-18-42)43-31-27-39(28-32-43)40-29-33-44(34-30-40)63-56-26-14-24-51-47-20-10-9-19-46(47)50-22-13-23-52-53(41-15-5-3-6-16-41)38-57(63)60(58(50)52)59(51)56/h3-38H,1-2H3. The highest BCUT2D eigenvalue weighted by Gasteiger charge is 2.36. The molecule has 1 aromatic heterocycles. The maximum absolute atomic E-state index is 2.49. The van der Waals surface area contributed by atoms with Gasteiger partial charge < -0.3 is 9.47 Å². The molecule has 0 amide bonds. The maximum atomic E-state index is 2.49. The second-order valence-corrected chi connectivity index (χ2v) is 17.7. The Bertz CT molecular complexity index is 3610. The summed E-state index contributed by atoms with van der Waals surface area (Å²) in [4.78, 5) is 2.38. The van der Waals surface area contributed by atoms with Gasteiger partial charge in [0, 0.05) is 44.3 Å². The van der Waals surface area contributed by atoms with Crippen LogP contribution < -0.4 is 4.90 Å². The highest BCUT2D eigenvalue weighted by atomic mass is 15.1. The normalized spacial score (nSPS) is 13.0. The van der Waals surface area contributed by atoms with Crippen LogP contribution in [-0.2, 0) is 5.41 Å². The fraction of sp³-hybridized carbons (Fsp3) is 0.0492. The second-order valence-electron chi connectivity index (χ2n) is 17.7. The molecule has 0 saturated carbocycles. The van der Waals surface area contributed by atoms with Gasteiger partial charge in [-0.3, -0.25) is 0 Å². The SMILES string of the molecule is CC1(C)c2ccccc2-c2ccc(N(c3ccccc3)c3ccc(-c4ccc(-n5c6cccc7c6c6c8c(cccc8c(-c8ccccc8)cc65)-c5ccccc5-7)cc4)cc3)cc21. The van der Waals surface area contributed by atoms with E-state index >= 15 is 0 Å². The fourth-order valence-electron chi connectivity index (χ4n) is 11.0. The first-order valence-corrected chi connectivity index (χ1v) is 22.0. The van der Waals surface area contributed by atoms with Gasteiger partial charge in [-0.2, -0.15) is 0 Å². The highest BCUT2D eigenvalue weighted by molar-refractivity contribution is 6.32. The molecule has 10 aromatic carbocycles. The second kappa shape index (κ2) is 13.5. The third-order valence-electron chi connectivity index (χ3n) is 13.9. The van der Waals surface area contributed by atoms with Crippen molar-refractivity contribution in [3.05, 3.63) is 230 Å². The van der Waals surface area contributed by atoms with Crippen molar-refractivity contribution in [2.45, 2.75) is 19.3 Å². The minimum absolute atomic E-state index is 0.0797. The van der Waals surface area contributed by atoms with E-state index in [1.807, 2.05) is 0 Å². The lowest BCUT2D eigenvalue weighted by molar-refractivity contribution is 0.660. The van der Waals surface area contributed by atoms with E-state index in [1.54, 1.807) is 0 Å². The summed E-state index contributed by atoms with van der Waals surface area (Å²) in [5.41, 5.74) is 22.3. The van der Waals surface area contributed by atoms with Gasteiger partial charge in [0.2, 0.25) is 0 Å². The third-order valence-corrected chi connectivity index (χ3v) is 13.9. The highest BCUT2D eigenvalue weighted by Crippen LogP contribution is 2.53. The Labute approximate surface area is 367 Å². The number of rotatable bonds is 6. The van der Waals surface area contributed by atoms with Crippen LogP contribution in [0.15, 0.2) is 218 Å². The first-order valence-electron chi connectivity index (χ1n) is 22.0. The van der Waals surface area contributed by atoms with E-state index in [4.69, 9.17) is 0 Å². The lowest BCUT2D eigenvalue weighted by Crippen LogP contribution is -2.16. The van der Waals surface area contributed by atoms with E-state index in [0.717, 1.165) is 22.7 Å². The van der Waals surface area contributed by atoms with Crippen LogP contribution in [0.3, 0.4) is 0 Å². The molecule has 0 radical (unpaired) electrons. The van der Waals surface area contributed by atoms with Gasteiger partial charge in [-0.05, 0) is 133 Å². The van der Waals surface area contributed by atoms with Crippen LogP contribution in [0.5, 0.6) is 0 Å². The van der Waals surface area contributed by atoms with Crippen LogP contribution in [0.25, 0.3) is 93.9 Å². The summed E-state index contributed by atoms with van der Waals surface area (Å²) in [5.74, 6) is 0. The van der Waals surface area contributed by atoms with Crippen molar-refractivity contribution in [1.82, 2.24) is 4.57 Å². The van der Waals surface area contributed by atoms with Gasteiger partial charge in [-0.15, -0.1) is 0 Å². The number of fused-ring (bicyclic) bond motifs is 6. The summed E-state index contributed by atoms with van der Waals surface area (Å²) >= 11 is 0. The first kappa shape index (κ1) is 35.8. The largest absolute Gasteiger partial charge is 0.310 e. The number of benzene rings is 10. The Balaban J connectivity index is 0.927. The Morgan fingerprint density at radius 2 is 0.889 bits per heavy atom. The Morgan fingerprint density at radius 1 is 0.333 bits per heavy atom. The molecule has 0 saturated heterocycles. The molecule has 0 atom stereocenters. The number of aromatic nitrogens is 1. The van der Waals surface area contributed by atoms with Crippen LogP contribution in [0, 0.1) is 0 Å². The molecule has 13 rings (SSSR count). The van der Waals surface area contributed by atoms with Crippen molar-refractivity contribution >= 4 is 49.6 Å². The molecule has 1 heterocycles.